The maximum atomic E-state index is 6.33. The van der Waals surface area contributed by atoms with Crippen molar-refractivity contribution in [2.45, 2.75) is 33.6 Å². The van der Waals surface area contributed by atoms with Gasteiger partial charge in [0.25, 0.3) is 0 Å². The number of halogens is 2. The molecule has 0 aromatic heterocycles. The summed E-state index contributed by atoms with van der Waals surface area (Å²) in [4.78, 5) is 4.81. The molecule has 0 atom stereocenters. The summed E-state index contributed by atoms with van der Waals surface area (Å²) in [5.41, 5.74) is 3.64. The van der Waals surface area contributed by atoms with Crippen molar-refractivity contribution in [3.05, 3.63) is 87.9 Å². The van der Waals surface area contributed by atoms with Crippen LogP contribution < -0.4 is 14.4 Å². The van der Waals surface area contributed by atoms with Crippen molar-refractivity contribution in [1.29, 1.82) is 0 Å². The van der Waals surface area contributed by atoms with E-state index in [9.17, 15) is 0 Å². The molecule has 36 heavy (non-hydrogen) atoms. The van der Waals surface area contributed by atoms with Crippen molar-refractivity contribution in [2.24, 2.45) is 0 Å². The number of methoxy groups -OCH3 is 2. The molecule has 6 heteroatoms. The smallest absolute Gasteiger partial charge is 0.160 e. The lowest BCUT2D eigenvalue weighted by Gasteiger charge is -2.36. The lowest BCUT2D eigenvalue weighted by molar-refractivity contribution is 0.261. The van der Waals surface area contributed by atoms with Crippen LogP contribution in [-0.4, -0.2) is 51.8 Å². The van der Waals surface area contributed by atoms with Gasteiger partial charge >= 0.3 is 0 Å². The Morgan fingerprint density at radius 2 is 1.42 bits per heavy atom. The number of aryl methyl sites for hydroxylation is 1. The third kappa shape index (κ3) is 9.93. The van der Waals surface area contributed by atoms with Gasteiger partial charge in [-0.1, -0.05) is 85.4 Å². The molecule has 1 saturated heterocycles. The van der Waals surface area contributed by atoms with Crippen LogP contribution in [0.15, 0.2) is 66.7 Å². The van der Waals surface area contributed by atoms with Crippen LogP contribution in [0.25, 0.3) is 0 Å². The molecular weight excluding hydrogens is 491 g/mol. The Morgan fingerprint density at radius 1 is 0.778 bits per heavy atom. The second-order valence-corrected chi connectivity index (χ2v) is 9.57. The molecule has 1 fully saturated rings. The fraction of sp³-hybridized carbons (Fsp3) is 0.400. The molecule has 4 nitrogen and oxygen atoms in total. The highest BCUT2D eigenvalue weighted by Crippen LogP contribution is 2.30. The van der Waals surface area contributed by atoms with Crippen LogP contribution in [0.3, 0.4) is 0 Å². The van der Waals surface area contributed by atoms with Gasteiger partial charge in [-0.05, 0) is 49.2 Å². The average molecular weight is 532 g/mol. The molecule has 3 aromatic carbocycles. The zero-order chi connectivity index (χ0) is 26.3. The predicted molar refractivity (Wildman–Crippen MR) is 156 cm³/mol. The summed E-state index contributed by atoms with van der Waals surface area (Å²) in [5.74, 6) is 1.55. The molecule has 0 amide bonds. The highest BCUT2D eigenvalue weighted by molar-refractivity contribution is 6.36. The number of anilines is 1. The van der Waals surface area contributed by atoms with Crippen LogP contribution in [0.4, 0.5) is 5.69 Å². The molecule has 0 saturated carbocycles. The first kappa shape index (κ1) is 29.8. The number of hydrogen-bond donors (Lipinski definition) is 0. The number of hydrogen-bond acceptors (Lipinski definition) is 4. The molecular formula is C30H40Cl2N2O2. The summed E-state index contributed by atoms with van der Waals surface area (Å²) in [6.07, 6.45) is 2.24. The van der Waals surface area contributed by atoms with E-state index in [1.165, 1.54) is 17.5 Å². The standard InChI is InChI=1S/C20H24Cl2N2O2.C7H8.C3H8/c1-25-19-6-3-15(13-20(19)26-2)7-8-23-9-11-24(12-10-23)18-5-4-16(21)14-17(18)22;1-7-5-3-2-4-6-7;1-3-2/h3-6,13-14H,7-12H2,1-2H3;2-6H,1H3;3H2,1-2H3. The van der Waals surface area contributed by atoms with Gasteiger partial charge in [0, 0.05) is 37.7 Å². The molecule has 0 N–H and O–H groups in total. The molecule has 4 rings (SSSR count). The average Bonchev–Trinajstić information content (AvgIpc) is 2.89. The van der Waals surface area contributed by atoms with Crippen LogP contribution in [0.1, 0.15) is 31.4 Å². The summed E-state index contributed by atoms with van der Waals surface area (Å²) in [7, 11) is 3.33. The fourth-order valence-corrected chi connectivity index (χ4v) is 4.34. The monoisotopic (exact) mass is 530 g/mol. The molecule has 1 aliphatic heterocycles. The van der Waals surface area contributed by atoms with Crippen LogP contribution in [0.2, 0.25) is 10.0 Å². The number of rotatable bonds is 6. The van der Waals surface area contributed by atoms with Crippen LogP contribution in [0, 0.1) is 6.92 Å². The lowest BCUT2D eigenvalue weighted by Crippen LogP contribution is -2.47. The molecule has 1 heterocycles. The zero-order valence-corrected chi connectivity index (χ0v) is 23.8. The molecule has 1 aliphatic rings. The summed E-state index contributed by atoms with van der Waals surface area (Å²) in [6, 6.07) is 22.1. The van der Waals surface area contributed by atoms with Crippen molar-refractivity contribution < 1.29 is 9.47 Å². The van der Waals surface area contributed by atoms with E-state index in [0.717, 1.165) is 61.4 Å². The normalized spacial score (nSPS) is 13.1. The summed E-state index contributed by atoms with van der Waals surface area (Å²) < 4.78 is 10.7. The topological polar surface area (TPSA) is 24.9 Å². The first-order valence-electron chi connectivity index (χ1n) is 12.6. The van der Waals surface area contributed by atoms with Gasteiger partial charge in [-0.2, -0.15) is 0 Å². The minimum atomic E-state index is 0.673. The minimum Gasteiger partial charge on any atom is -0.493 e. The van der Waals surface area contributed by atoms with Gasteiger partial charge in [-0.25, -0.2) is 0 Å². The van der Waals surface area contributed by atoms with Crippen molar-refractivity contribution in [1.82, 2.24) is 4.90 Å². The maximum Gasteiger partial charge on any atom is 0.160 e. The molecule has 0 aliphatic carbocycles. The van der Waals surface area contributed by atoms with Crippen molar-refractivity contribution in [2.75, 3.05) is 51.8 Å². The quantitative estimate of drug-likeness (QED) is 0.324. The van der Waals surface area contributed by atoms with Crippen LogP contribution in [-0.2, 0) is 6.42 Å². The van der Waals surface area contributed by atoms with Gasteiger partial charge in [-0.3, -0.25) is 4.90 Å². The third-order valence-electron chi connectivity index (χ3n) is 5.73. The van der Waals surface area contributed by atoms with Gasteiger partial charge in [0.05, 0.1) is 24.9 Å². The van der Waals surface area contributed by atoms with Crippen molar-refractivity contribution in [3.8, 4) is 11.5 Å². The molecule has 0 radical (unpaired) electrons. The Bertz CT molecular complexity index is 1020. The predicted octanol–water partition coefficient (Wildman–Crippen LogP) is 7.79. The molecule has 0 spiro atoms. The second kappa shape index (κ2) is 16.4. The van der Waals surface area contributed by atoms with Gasteiger partial charge in [-0.15, -0.1) is 0 Å². The Kier molecular flexibility index (Phi) is 13.6. The zero-order valence-electron chi connectivity index (χ0n) is 22.3. The fourth-order valence-electron chi connectivity index (χ4n) is 3.81. The molecule has 0 unspecified atom stereocenters. The summed E-state index contributed by atoms with van der Waals surface area (Å²) >= 11 is 12.3. The molecule has 0 bridgehead atoms. The van der Waals surface area contributed by atoms with Crippen molar-refractivity contribution in [3.63, 3.8) is 0 Å². The van der Waals surface area contributed by atoms with Gasteiger partial charge < -0.3 is 14.4 Å². The number of benzene rings is 3. The van der Waals surface area contributed by atoms with Crippen LogP contribution in [0.5, 0.6) is 11.5 Å². The van der Waals surface area contributed by atoms with Crippen molar-refractivity contribution >= 4 is 28.9 Å². The Balaban J connectivity index is 0.000000383. The van der Waals surface area contributed by atoms with E-state index in [0.29, 0.717) is 5.02 Å². The molecule has 196 valence electrons. The van der Waals surface area contributed by atoms with Gasteiger partial charge in [0.15, 0.2) is 11.5 Å². The Hall–Kier alpha value is -2.40. The SMILES string of the molecule is CCC.COc1ccc(CCN2CCN(c3ccc(Cl)cc3Cl)CC2)cc1OC.Cc1ccccc1. The Labute approximate surface area is 227 Å². The number of nitrogens with zero attached hydrogens (tertiary/aromatic N) is 2. The molecule has 3 aromatic rings. The highest BCUT2D eigenvalue weighted by Gasteiger charge is 2.19. The number of ether oxygens (including phenoxy) is 2. The third-order valence-corrected chi connectivity index (χ3v) is 6.27. The van der Waals surface area contributed by atoms with Crippen LogP contribution >= 0.6 is 23.2 Å². The van der Waals surface area contributed by atoms with Gasteiger partial charge in [0.2, 0.25) is 0 Å². The van der Waals surface area contributed by atoms with E-state index in [2.05, 4.69) is 54.8 Å². The highest BCUT2D eigenvalue weighted by atomic mass is 35.5. The first-order chi connectivity index (χ1) is 17.4. The first-order valence-corrected chi connectivity index (χ1v) is 13.3. The van der Waals surface area contributed by atoms with E-state index in [1.54, 1.807) is 14.2 Å². The van der Waals surface area contributed by atoms with E-state index in [1.807, 2.05) is 42.5 Å². The summed E-state index contributed by atoms with van der Waals surface area (Å²) in [6.45, 7) is 11.3. The second-order valence-electron chi connectivity index (χ2n) is 8.73. The van der Waals surface area contributed by atoms with E-state index >= 15 is 0 Å². The number of piperazine rings is 1. The maximum absolute atomic E-state index is 6.33. The lowest BCUT2D eigenvalue weighted by atomic mass is 10.1. The van der Waals surface area contributed by atoms with E-state index in [4.69, 9.17) is 32.7 Å². The van der Waals surface area contributed by atoms with Gasteiger partial charge in [0.1, 0.15) is 0 Å². The minimum absolute atomic E-state index is 0.673. The Morgan fingerprint density at radius 3 is 1.94 bits per heavy atom. The summed E-state index contributed by atoms with van der Waals surface area (Å²) in [5, 5.41) is 1.39. The van der Waals surface area contributed by atoms with E-state index in [-0.39, 0.29) is 0 Å². The largest absolute Gasteiger partial charge is 0.493 e. The van der Waals surface area contributed by atoms with E-state index < -0.39 is 0 Å².